The minimum Gasteiger partial charge on any atom is -0.368 e. The Bertz CT molecular complexity index is 1120. The molecule has 12 heteroatoms. The van der Waals surface area contributed by atoms with Crippen molar-refractivity contribution in [2.75, 3.05) is 11.9 Å². The number of hydrogen-bond donors (Lipinski definition) is 2. The molecule has 0 aliphatic carbocycles. The van der Waals surface area contributed by atoms with E-state index in [9.17, 15) is 22.7 Å². The van der Waals surface area contributed by atoms with Crippen molar-refractivity contribution >= 4 is 28.1 Å². The number of thiazole rings is 1. The summed E-state index contributed by atoms with van der Waals surface area (Å²) in [5, 5.41) is 13.7. The van der Waals surface area contributed by atoms with Gasteiger partial charge in [-0.3, -0.25) is 9.88 Å². The molecule has 0 spiro atoms. The maximum Gasteiger partial charge on any atom is 0.419 e. The van der Waals surface area contributed by atoms with Crippen LogP contribution < -0.4 is 5.32 Å². The minimum atomic E-state index is -4.83. The smallest absolute Gasteiger partial charge is 0.368 e. The van der Waals surface area contributed by atoms with Crippen LogP contribution in [0.5, 0.6) is 0 Å². The molecule has 1 fully saturated rings. The van der Waals surface area contributed by atoms with Gasteiger partial charge >= 0.3 is 6.18 Å². The van der Waals surface area contributed by atoms with Gasteiger partial charge in [-0.25, -0.2) is 14.4 Å². The first-order valence-corrected chi connectivity index (χ1v) is 11.3. The van der Waals surface area contributed by atoms with E-state index in [-0.39, 0.29) is 21.5 Å². The molecule has 1 aliphatic rings. The summed E-state index contributed by atoms with van der Waals surface area (Å²) in [5.41, 5.74) is -0.691. The molecule has 0 radical (unpaired) electrons. The third-order valence-electron chi connectivity index (χ3n) is 5.46. The van der Waals surface area contributed by atoms with Crippen LogP contribution >= 0.6 is 22.9 Å². The molecule has 2 atom stereocenters. The number of likely N-dealkylation sites (tertiary alicyclic amines) is 1. The van der Waals surface area contributed by atoms with Crippen LogP contribution in [-0.4, -0.2) is 37.5 Å². The van der Waals surface area contributed by atoms with Crippen LogP contribution in [0.2, 0.25) is 5.15 Å². The van der Waals surface area contributed by atoms with E-state index in [4.69, 9.17) is 11.6 Å². The van der Waals surface area contributed by atoms with Crippen LogP contribution in [0.1, 0.15) is 42.1 Å². The summed E-state index contributed by atoms with van der Waals surface area (Å²) in [5.74, 6) is -1.34. The number of anilines is 1. The van der Waals surface area contributed by atoms with Crippen molar-refractivity contribution in [1.29, 1.82) is 0 Å². The van der Waals surface area contributed by atoms with Crippen LogP contribution in [0, 0.1) is 5.82 Å². The quantitative estimate of drug-likeness (QED) is 0.343. The Morgan fingerprint density at radius 1 is 1.30 bits per heavy atom. The first-order valence-electron chi connectivity index (χ1n) is 10.1. The van der Waals surface area contributed by atoms with Gasteiger partial charge in [-0.15, -0.1) is 11.3 Å². The lowest BCUT2D eigenvalue weighted by Gasteiger charge is -2.20. The van der Waals surface area contributed by atoms with Crippen LogP contribution in [-0.2, 0) is 12.7 Å². The number of aromatic nitrogens is 3. The molecule has 3 heterocycles. The molecule has 6 nitrogen and oxygen atoms in total. The summed E-state index contributed by atoms with van der Waals surface area (Å²) in [6.45, 7) is 3.43. The number of halogens is 5. The van der Waals surface area contributed by atoms with Gasteiger partial charge in [-0.2, -0.15) is 13.2 Å². The number of aliphatic hydroxyl groups excluding tert-OH is 1. The van der Waals surface area contributed by atoms with Crippen LogP contribution in [0.4, 0.5) is 22.7 Å². The van der Waals surface area contributed by atoms with Gasteiger partial charge in [-0.05, 0) is 44.5 Å². The van der Waals surface area contributed by atoms with Crippen molar-refractivity contribution < 1.29 is 22.7 Å². The zero-order valence-electron chi connectivity index (χ0n) is 17.4. The fourth-order valence-corrected chi connectivity index (χ4v) is 4.83. The molecule has 0 bridgehead atoms. The predicted octanol–water partition coefficient (Wildman–Crippen LogP) is 5.50. The van der Waals surface area contributed by atoms with Crippen LogP contribution in [0.15, 0.2) is 30.6 Å². The molecular weight excluding hydrogens is 482 g/mol. The predicted molar refractivity (Wildman–Crippen MR) is 117 cm³/mol. The number of aliphatic hydroxyl groups is 1. The standard InChI is InChI=1S/C21H20ClF4N5OS/c1-11-3-2-6-31(11)10-16-18(12-4-5-14(23)13(7-12)21(24,25)26)29-20(33-16)30-19(32)15-8-28-17(22)9-27-15/h4-5,7-9,11,19,32H,2-3,6,10H2,1H3,(H,29,30)/t11-,19?/m1/s1. The Hall–Kier alpha value is -2.34. The van der Waals surface area contributed by atoms with Crippen LogP contribution in [0.3, 0.4) is 0 Å². The fourth-order valence-electron chi connectivity index (χ4n) is 3.70. The lowest BCUT2D eigenvalue weighted by molar-refractivity contribution is -0.139. The summed E-state index contributed by atoms with van der Waals surface area (Å²) in [7, 11) is 0. The van der Waals surface area contributed by atoms with Gasteiger partial charge in [0, 0.05) is 23.0 Å². The fraction of sp³-hybridized carbons (Fsp3) is 0.381. The van der Waals surface area contributed by atoms with Crippen molar-refractivity contribution in [1.82, 2.24) is 19.9 Å². The second-order valence-electron chi connectivity index (χ2n) is 7.76. The van der Waals surface area contributed by atoms with Gasteiger partial charge in [0.25, 0.3) is 0 Å². The van der Waals surface area contributed by atoms with E-state index < -0.39 is 23.8 Å². The van der Waals surface area contributed by atoms with Crippen molar-refractivity contribution in [3.63, 3.8) is 0 Å². The second-order valence-corrected chi connectivity index (χ2v) is 9.23. The van der Waals surface area contributed by atoms with Gasteiger partial charge in [0.15, 0.2) is 11.4 Å². The number of rotatable bonds is 6. The lowest BCUT2D eigenvalue weighted by atomic mass is 10.1. The average molecular weight is 502 g/mol. The van der Waals surface area contributed by atoms with Gasteiger partial charge in [0.1, 0.15) is 16.7 Å². The maximum absolute atomic E-state index is 13.8. The van der Waals surface area contributed by atoms with Gasteiger partial charge in [-0.1, -0.05) is 11.6 Å². The highest BCUT2D eigenvalue weighted by Crippen LogP contribution is 2.38. The van der Waals surface area contributed by atoms with Gasteiger partial charge < -0.3 is 10.4 Å². The molecule has 3 aromatic rings. The number of nitrogens with zero attached hydrogens (tertiary/aromatic N) is 4. The Morgan fingerprint density at radius 3 is 2.73 bits per heavy atom. The lowest BCUT2D eigenvalue weighted by Crippen LogP contribution is -2.25. The summed E-state index contributed by atoms with van der Waals surface area (Å²) in [4.78, 5) is 15.2. The topological polar surface area (TPSA) is 74.2 Å². The maximum atomic E-state index is 13.8. The van der Waals surface area contributed by atoms with Crippen molar-refractivity contribution in [2.24, 2.45) is 0 Å². The van der Waals surface area contributed by atoms with E-state index in [1.165, 1.54) is 29.8 Å². The molecule has 2 N–H and O–H groups in total. The molecule has 0 saturated carbocycles. The average Bonchev–Trinajstić information content (AvgIpc) is 3.34. The number of hydrogen-bond acceptors (Lipinski definition) is 7. The zero-order valence-corrected chi connectivity index (χ0v) is 19.0. The highest BCUT2D eigenvalue weighted by molar-refractivity contribution is 7.16. The molecule has 176 valence electrons. The third kappa shape index (κ3) is 5.43. The highest BCUT2D eigenvalue weighted by atomic mass is 35.5. The molecule has 2 aromatic heterocycles. The highest BCUT2D eigenvalue weighted by Gasteiger charge is 2.35. The molecule has 1 aromatic carbocycles. The SMILES string of the molecule is C[C@@H]1CCCN1Cc1sc(NC(O)c2cnc(Cl)cn2)nc1-c1ccc(F)c(C(F)(F)F)c1. The van der Waals surface area contributed by atoms with E-state index >= 15 is 0 Å². The van der Waals surface area contributed by atoms with E-state index in [0.717, 1.165) is 31.5 Å². The first-order chi connectivity index (χ1) is 15.6. The number of benzene rings is 1. The van der Waals surface area contributed by atoms with Crippen LogP contribution in [0.25, 0.3) is 11.3 Å². The number of alkyl halides is 3. The summed E-state index contributed by atoms with van der Waals surface area (Å²) in [6, 6.07) is 3.17. The minimum absolute atomic E-state index is 0.149. The molecular formula is C21H20ClF4N5OS. The Kier molecular flexibility index (Phi) is 6.85. The van der Waals surface area contributed by atoms with Crippen molar-refractivity contribution in [3.8, 4) is 11.3 Å². The van der Waals surface area contributed by atoms with Crippen molar-refractivity contribution in [2.45, 2.75) is 44.8 Å². The molecule has 1 aliphatic heterocycles. The Balaban J connectivity index is 1.69. The molecule has 1 unspecified atom stereocenters. The molecule has 4 rings (SSSR count). The largest absolute Gasteiger partial charge is 0.419 e. The van der Waals surface area contributed by atoms with E-state index in [1.54, 1.807) is 0 Å². The monoisotopic (exact) mass is 501 g/mol. The zero-order chi connectivity index (χ0) is 23.8. The Labute approximate surface area is 196 Å². The summed E-state index contributed by atoms with van der Waals surface area (Å²) < 4.78 is 53.7. The van der Waals surface area contributed by atoms with Gasteiger partial charge in [0.05, 0.1) is 23.7 Å². The summed E-state index contributed by atoms with van der Waals surface area (Å²) in [6.07, 6.45) is -1.44. The Morgan fingerprint density at radius 2 is 2.09 bits per heavy atom. The van der Waals surface area contributed by atoms with Gasteiger partial charge in [0.2, 0.25) is 0 Å². The number of nitrogens with one attached hydrogen (secondary N) is 1. The van der Waals surface area contributed by atoms with Crippen molar-refractivity contribution in [3.05, 3.63) is 57.7 Å². The summed E-state index contributed by atoms with van der Waals surface area (Å²) >= 11 is 6.93. The van der Waals surface area contributed by atoms with E-state index in [2.05, 4.69) is 32.1 Å². The normalized spacial score (nSPS) is 18.0. The first kappa shape index (κ1) is 23.8. The van der Waals surface area contributed by atoms with E-state index in [1.807, 2.05) is 0 Å². The second kappa shape index (κ2) is 9.49. The van der Waals surface area contributed by atoms with E-state index in [0.29, 0.717) is 23.2 Å². The molecule has 0 amide bonds. The molecule has 1 saturated heterocycles. The molecule has 33 heavy (non-hydrogen) atoms. The third-order valence-corrected chi connectivity index (χ3v) is 6.63.